The van der Waals surface area contributed by atoms with Gasteiger partial charge < -0.3 is 5.32 Å². The summed E-state index contributed by atoms with van der Waals surface area (Å²) in [4.78, 5) is 11.2. The van der Waals surface area contributed by atoms with E-state index in [0.717, 1.165) is 19.6 Å². The highest BCUT2D eigenvalue weighted by molar-refractivity contribution is 5.86. The van der Waals surface area contributed by atoms with Crippen LogP contribution in [0.25, 0.3) is 0 Å². The summed E-state index contributed by atoms with van der Waals surface area (Å²) >= 11 is 0. The first kappa shape index (κ1) is 15.1. The van der Waals surface area contributed by atoms with Gasteiger partial charge in [-0.15, -0.1) is 0 Å². The Hall–Kier alpha value is -0.910. The van der Waals surface area contributed by atoms with Crippen LogP contribution >= 0.6 is 0 Å². The Bertz CT molecular complexity index is 201. The molecule has 0 saturated carbocycles. The summed E-state index contributed by atoms with van der Waals surface area (Å²) in [5.41, 5.74) is 0. The van der Waals surface area contributed by atoms with Crippen molar-refractivity contribution in [3.63, 3.8) is 0 Å². The third-order valence-electron chi connectivity index (χ3n) is 2.15. The second-order valence-electron chi connectivity index (χ2n) is 3.42. The molecule has 0 bridgehead atoms. The molecule has 0 aliphatic carbocycles. The Morgan fingerprint density at radius 2 is 1.56 bits per heavy atom. The fourth-order valence-corrected chi connectivity index (χ4v) is 1.57. The van der Waals surface area contributed by atoms with Crippen molar-refractivity contribution in [3.05, 3.63) is 12.7 Å². The minimum atomic E-state index is -0.447. The molecular formula is C11H24N4O. The van der Waals surface area contributed by atoms with Gasteiger partial charge in [0.1, 0.15) is 5.79 Å². The van der Waals surface area contributed by atoms with Gasteiger partial charge in [-0.2, -0.15) is 0 Å². The first-order valence-corrected chi connectivity index (χ1v) is 5.79. The van der Waals surface area contributed by atoms with Crippen LogP contribution in [0.1, 0.15) is 20.8 Å². The minimum absolute atomic E-state index is 0.168. The molecule has 0 unspecified atom stereocenters. The molecule has 0 spiro atoms. The quantitative estimate of drug-likeness (QED) is 0.325. The first-order valence-electron chi connectivity index (χ1n) is 5.79. The van der Waals surface area contributed by atoms with Gasteiger partial charge in [-0.05, 0) is 25.7 Å². The summed E-state index contributed by atoms with van der Waals surface area (Å²) in [6.45, 7) is 12.4. The van der Waals surface area contributed by atoms with Crippen LogP contribution in [0.15, 0.2) is 12.7 Å². The van der Waals surface area contributed by atoms with E-state index >= 15 is 0 Å². The van der Waals surface area contributed by atoms with Crippen molar-refractivity contribution in [2.24, 2.45) is 0 Å². The highest BCUT2D eigenvalue weighted by atomic mass is 16.1. The van der Waals surface area contributed by atoms with Crippen LogP contribution < -0.4 is 21.3 Å². The molecule has 5 nitrogen and oxygen atoms in total. The summed E-state index contributed by atoms with van der Waals surface area (Å²) in [6, 6.07) is 0. The first-order chi connectivity index (χ1) is 7.64. The Kier molecular flexibility index (Phi) is 7.80. The van der Waals surface area contributed by atoms with Gasteiger partial charge in [-0.25, -0.2) is 0 Å². The standard InChI is InChI=1S/C11H24N4O/c1-5-10(16)12-9-11(13-6-2,14-7-3)15-8-4/h5,13-15H,1,6-9H2,2-4H3,(H,12,16). The second kappa shape index (κ2) is 8.27. The molecular weight excluding hydrogens is 204 g/mol. The van der Waals surface area contributed by atoms with Crippen LogP contribution in [0.4, 0.5) is 0 Å². The number of hydrogen-bond donors (Lipinski definition) is 4. The highest BCUT2D eigenvalue weighted by Gasteiger charge is 2.26. The van der Waals surface area contributed by atoms with Crippen LogP contribution in [0.2, 0.25) is 0 Å². The van der Waals surface area contributed by atoms with Gasteiger partial charge in [-0.3, -0.25) is 20.7 Å². The van der Waals surface area contributed by atoms with Crippen LogP contribution in [0.3, 0.4) is 0 Å². The highest BCUT2D eigenvalue weighted by Crippen LogP contribution is 1.93. The summed E-state index contributed by atoms with van der Waals surface area (Å²) in [6.07, 6.45) is 1.27. The van der Waals surface area contributed by atoms with E-state index in [9.17, 15) is 4.79 Å². The van der Waals surface area contributed by atoms with E-state index < -0.39 is 5.79 Å². The lowest BCUT2D eigenvalue weighted by Gasteiger charge is -2.36. The average molecular weight is 228 g/mol. The molecule has 5 heteroatoms. The predicted molar refractivity (Wildman–Crippen MR) is 67.0 cm³/mol. The largest absolute Gasteiger partial charge is 0.348 e. The maximum Gasteiger partial charge on any atom is 0.243 e. The third kappa shape index (κ3) is 5.25. The van der Waals surface area contributed by atoms with Gasteiger partial charge in [0.15, 0.2) is 0 Å². The zero-order valence-corrected chi connectivity index (χ0v) is 10.5. The number of likely N-dealkylation sites (N-methyl/N-ethyl adjacent to an activating group) is 3. The monoisotopic (exact) mass is 228 g/mol. The summed E-state index contributed by atoms with van der Waals surface area (Å²) < 4.78 is 0. The van der Waals surface area contributed by atoms with Crippen LogP contribution in [0.5, 0.6) is 0 Å². The van der Waals surface area contributed by atoms with Crippen molar-refractivity contribution in [2.75, 3.05) is 26.2 Å². The van der Waals surface area contributed by atoms with Crippen molar-refractivity contribution in [3.8, 4) is 0 Å². The summed E-state index contributed by atoms with van der Waals surface area (Å²) in [7, 11) is 0. The predicted octanol–water partition coefficient (Wildman–Crippen LogP) is -0.229. The summed E-state index contributed by atoms with van der Waals surface area (Å²) in [5.74, 6) is -0.616. The summed E-state index contributed by atoms with van der Waals surface area (Å²) in [5, 5.41) is 12.7. The van der Waals surface area contributed by atoms with E-state index in [0.29, 0.717) is 6.54 Å². The molecule has 1 amide bonds. The zero-order valence-electron chi connectivity index (χ0n) is 10.5. The molecule has 0 aromatic heterocycles. The Balaban J connectivity index is 4.45. The Morgan fingerprint density at radius 3 is 1.88 bits per heavy atom. The molecule has 0 aromatic carbocycles. The molecule has 0 saturated heterocycles. The number of carbonyl (C=O) groups is 1. The maximum absolute atomic E-state index is 11.2. The van der Waals surface area contributed by atoms with Gasteiger partial charge in [-0.1, -0.05) is 27.4 Å². The van der Waals surface area contributed by atoms with Crippen molar-refractivity contribution in [1.82, 2.24) is 21.3 Å². The van der Waals surface area contributed by atoms with Crippen molar-refractivity contribution in [2.45, 2.75) is 26.6 Å². The SMILES string of the molecule is C=CC(=O)NCC(NCC)(NCC)NCC. The van der Waals surface area contributed by atoms with E-state index in [1.165, 1.54) is 6.08 Å². The molecule has 4 N–H and O–H groups in total. The van der Waals surface area contributed by atoms with Gasteiger partial charge in [0.2, 0.25) is 5.91 Å². The number of hydrogen-bond acceptors (Lipinski definition) is 4. The molecule has 0 atom stereocenters. The Morgan fingerprint density at radius 1 is 1.12 bits per heavy atom. The van der Waals surface area contributed by atoms with Crippen molar-refractivity contribution >= 4 is 5.91 Å². The van der Waals surface area contributed by atoms with E-state index in [2.05, 4.69) is 27.8 Å². The van der Waals surface area contributed by atoms with E-state index in [1.54, 1.807) is 0 Å². The lowest BCUT2D eigenvalue weighted by molar-refractivity contribution is -0.117. The number of carbonyl (C=O) groups excluding carboxylic acids is 1. The molecule has 16 heavy (non-hydrogen) atoms. The molecule has 0 fully saturated rings. The lowest BCUT2D eigenvalue weighted by atomic mass is 10.3. The molecule has 0 rings (SSSR count). The van der Waals surface area contributed by atoms with Gasteiger partial charge in [0.25, 0.3) is 0 Å². The Labute approximate surface area is 98.1 Å². The molecule has 0 aromatic rings. The van der Waals surface area contributed by atoms with E-state index in [-0.39, 0.29) is 5.91 Å². The molecule has 0 radical (unpaired) electrons. The van der Waals surface area contributed by atoms with Crippen LogP contribution in [-0.4, -0.2) is 37.9 Å². The number of rotatable bonds is 9. The molecule has 0 aliphatic heterocycles. The topological polar surface area (TPSA) is 65.2 Å². The normalized spacial score (nSPS) is 11.2. The number of nitrogens with one attached hydrogen (secondary N) is 4. The van der Waals surface area contributed by atoms with Gasteiger partial charge in [0.05, 0.1) is 6.54 Å². The molecule has 0 heterocycles. The van der Waals surface area contributed by atoms with E-state index in [4.69, 9.17) is 0 Å². The molecule has 94 valence electrons. The maximum atomic E-state index is 11.2. The smallest absolute Gasteiger partial charge is 0.243 e. The van der Waals surface area contributed by atoms with Crippen molar-refractivity contribution in [1.29, 1.82) is 0 Å². The van der Waals surface area contributed by atoms with Crippen LogP contribution in [-0.2, 0) is 4.79 Å². The van der Waals surface area contributed by atoms with Gasteiger partial charge in [0, 0.05) is 0 Å². The fraction of sp³-hybridized carbons (Fsp3) is 0.727. The fourth-order valence-electron chi connectivity index (χ4n) is 1.57. The van der Waals surface area contributed by atoms with Crippen molar-refractivity contribution < 1.29 is 4.79 Å². The zero-order chi connectivity index (χ0) is 12.4. The molecule has 0 aliphatic rings. The van der Waals surface area contributed by atoms with E-state index in [1.807, 2.05) is 20.8 Å². The third-order valence-corrected chi connectivity index (χ3v) is 2.15. The van der Waals surface area contributed by atoms with Gasteiger partial charge >= 0.3 is 0 Å². The number of amides is 1. The second-order valence-corrected chi connectivity index (χ2v) is 3.42. The average Bonchev–Trinajstić information content (AvgIpc) is 2.27. The minimum Gasteiger partial charge on any atom is -0.348 e. The van der Waals surface area contributed by atoms with Crippen LogP contribution in [0, 0.1) is 0 Å². The lowest BCUT2D eigenvalue weighted by Crippen LogP contribution is -2.71.